The van der Waals surface area contributed by atoms with Crippen molar-refractivity contribution in [2.45, 2.75) is 18.9 Å². The Morgan fingerprint density at radius 2 is 2.10 bits per heavy atom. The number of pyridine rings is 1. The van der Waals surface area contributed by atoms with Crippen LogP contribution in [0.2, 0.25) is 0 Å². The molecule has 1 saturated heterocycles. The highest BCUT2D eigenvalue weighted by Crippen LogP contribution is 2.24. The Morgan fingerprint density at radius 3 is 2.86 bits per heavy atom. The number of aromatic nitrogens is 1. The number of hydrogen-bond acceptors (Lipinski definition) is 4. The number of rotatable bonds is 2. The summed E-state index contributed by atoms with van der Waals surface area (Å²) in [5, 5.41) is 9.95. The number of nitrogens with two attached hydrogens (primary N) is 1. The van der Waals surface area contributed by atoms with Gasteiger partial charge in [-0.2, -0.15) is 0 Å². The average Bonchev–Trinajstić information content (AvgIpc) is 2.96. The van der Waals surface area contributed by atoms with Gasteiger partial charge in [0.1, 0.15) is 11.7 Å². The Balaban J connectivity index is 2.00. The molecule has 0 unspecified atom stereocenters. The van der Waals surface area contributed by atoms with Crippen LogP contribution in [0.4, 0.5) is 5.69 Å². The molecule has 0 aliphatic carbocycles. The predicted molar refractivity (Wildman–Crippen MR) is 77.8 cm³/mol. The molecule has 0 spiro atoms. The molecule has 2 aromatic rings. The average molecular weight is 285 g/mol. The number of nitrogens with zero attached hydrogens (tertiary/aromatic N) is 2. The number of anilines is 1. The largest absolute Gasteiger partial charge is 0.480 e. The number of fused-ring (bicyclic) bond motifs is 1. The minimum absolute atomic E-state index is 0.194. The molecule has 1 aromatic carbocycles. The second-order valence-electron chi connectivity index (χ2n) is 5.11. The zero-order valence-corrected chi connectivity index (χ0v) is 11.3. The van der Waals surface area contributed by atoms with Gasteiger partial charge in [-0.05, 0) is 25.0 Å². The zero-order chi connectivity index (χ0) is 15.0. The first-order chi connectivity index (χ1) is 10.1. The van der Waals surface area contributed by atoms with E-state index in [-0.39, 0.29) is 11.6 Å². The fourth-order valence-electron chi connectivity index (χ4n) is 2.73. The minimum atomic E-state index is -0.977. The number of para-hydroxylation sites is 1. The summed E-state index contributed by atoms with van der Waals surface area (Å²) in [6.07, 6.45) is 1.16. The molecule has 3 rings (SSSR count). The Hall–Kier alpha value is -2.63. The zero-order valence-electron chi connectivity index (χ0n) is 11.3. The number of carboxylic acids is 1. The number of hydrogen-bond donors (Lipinski definition) is 2. The van der Waals surface area contributed by atoms with Gasteiger partial charge in [0.25, 0.3) is 5.91 Å². The van der Waals surface area contributed by atoms with Crippen molar-refractivity contribution in [1.82, 2.24) is 9.88 Å². The molecule has 1 fully saturated rings. The Kier molecular flexibility index (Phi) is 3.21. The van der Waals surface area contributed by atoms with Crippen molar-refractivity contribution in [3.05, 3.63) is 36.0 Å². The summed E-state index contributed by atoms with van der Waals surface area (Å²) in [6.45, 7) is 0.435. The minimum Gasteiger partial charge on any atom is -0.480 e. The molecular weight excluding hydrogens is 270 g/mol. The van der Waals surface area contributed by atoms with Crippen molar-refractivity contribution in [1.29, 1.82) is 0 Å². The molecule has 6 heteroatoms. The number of amides is 1. The third kappa shape index (κ3) is 2.29. The first-order valence-electron chi connectivity index (χ1n) is 6.77. The maximum Gasteiger partial charge on any atom is 0.326 e. The molecule has 1 aliphatic rings. The van der Waals surface area contributed by atoms with Crippen LogP contribution in [-0.4, -0.2) is 39.5 Å². The quantitative estimate of drug-likeness (QED) is 0.871. The van der Waals surface area contributed by atoms with E-state index in [1.54, 1.807) is 6.07 Å². The fraction of sp³-hybridized carbons (Fsp3) is 0.267. The van der Waals surface area contributed by atoms with Gasteiger partial charge in [-0.15, -0.1) is 0 Å². The fourth-order valence-corrected chi connectivity index (χ4v) is 2.73. The number of aliphatic carboxylic acids is 1. The van der Waals surface area contributed by atoms with E-state index < -0.39 is 12.0 Å². The molecule has 1 aromatic heterocycles. The molecule has 1 atom stereocenters. The molecule has 2 heterocycles. The highest BCUT2D eigenvalue weighted by molar-refractivity contribution is 6.00. The van der Waals surface area contributed by atoms with Crippen molar-refractivity contribution >= 4 is 28.5 Å². The maximum absolute atomic E-state index is 12.5. The number of carboxylic acid groups (broad SMARTS) is 1. The van der Waals surface area contributed by atoms with Gasteiger partial charge in [0.2, 0.25) is 0 Å². The summed E-state index contributed by atoms with van der Waals surface area (Å²) in [5.41, 5.74) is 7.25. The second-order valence-corrected chi connectivity index (χ2v) is 5.11. The van der Waals surface area contributed by atoms with Gasteiger partial charge in [0.05, 0.1) is 5.52 Å². The van der Waals surface area contributed by atoms with Gasteiger partial charge in [-0.1, -0.05) is 18.2 Å². The lowest BCUT2D eigenvalue weighted by atomic mass is 10.1. The van der Waals surface area contributed by atoms with Gasteiger partial charge >= 0.3 is 5.97 Å². The smallest absolute Gasteiger partial charge is 0.326 e. The summed E-state index contributed by atoms with van der Waals surface area (Å²) in [4.78, 5) is 29.4. The van der Waals surface area contributed by atoms with E-state index >= 15 is 0 Å². The maximum atomic E-state index is 12.5. The monoisotopic (exact) mass is 285 g/mol. The molecular formula is C15H15N3O3. The molecule has 1 aliphatic heterocycles. The van der Waals surface area contributed by atoms with Crippen molar-refractivity contribution < 1.29 is 14.7 Å². The molecule has 0 bridgehead atoms. The number of likely N-dealkylation sites (tertiary alicyclic amines) is 1. The van der Waals surface area contributed by atoms with Gasteiger partial charge in [0, 0.05) is 17.6 Å². The summed E-state index contributed by atoms with van der Waals surface area (Å²) in [5.74, 6) is -1.35. The third-order valence-corrected chi connectivity index (χ3v) is 3.77. The molecule has 0 saturated carbocycles. The topological polar surface area (TPSA) is 96.5 Å². The third-order valence-electron chi connectivity index (χ3n) is 3.77. The van der Waals surface area contributed by atoms with Crippen molar-refractivity contribution in [3.8, 4) is 0 Å². The van der Waals surface area contributed by atoms with Gasteiger partial charge < -0.3 is 15.7 Å². The van der Waals surface area contributed by atoms with E-state index in [0.717, 1.165) is 5.39 Å². The van der Waals surface area contributed by atoms with Crippen LogP contribution in [0.15, 0.2) is 30.3 Å². The van der Waals surface area contributed by atoms with Gasteiger partial charge in [-0.3, -0.25) is 4.79 Å². The van der Waals surface area contributed by atoms with E-state index in [4.69, 9.17) is 10.8 Å². The Labute approximate surface area is 121 Å². The van der Waals surface area contributed by atoms with Crippen molar-refractivity contribution in [2.75, 3.05) is 12.3 Å². The van der Waals surface area contributed by atoms with Crippen LogP contribution in [0, 0.1) is 0 Å². The van der Waals surface area contributed by atoms with Crippen LogP contribution in [0.5, 0.6) is 0 Å². The lowest BCUT2D eigenvalue weighted by molar-refractivity contribution is -0.141. The van der Waals surface area contributed by atoms with E-state index in [1.807, 2.05) is 18.2 Å². The normalized spacial score (nSPS) is 18.1. The van der Waals surface area contributed by atoms with E-state index in [1.165, 1.54) is 11.0 Å². The van der Waals surface area contributed by atoms with E-state index in [2.05, 4.69) is 4.98 Å². The number of nitrogen functional groups attached to an aromatic ring is 1. The molecule has 3 N–H and O–H groups in total. The van der Waals surface area contributed by atoms with Crippen LogP contribution in [0.25, 0.3) is 10.9 Å². The highest BCUT2D eigenvalue weighted by atomic mass is 16.4. The molecule has 108 valence electrons. The summed E-state index contributed by atoms with van der Waals surface area (Å²) in [6, 6.07) is 8.03. The Bertz CT molecular complexity index is 729. The summed E-state index contributed by atoms with van der Waals surface area (Å²) in [7, 11) is 0. The van der Waals surface area contributed by atoms with Gasteiger partial charge in [0.15, 0.2) is 0 Å². The first-order valence-corrected chi connectivity index (χ1v) is 6.77. The molecule has 0 radical (unpaired) electrons. The van der Waals surface area contributed by atoms with Gasteiger partial charge in [-0.25, -0.2) is 9.78 Å². The number of carbonyl (C=O) groups is 2. The first kappa shape index (κ1) is 13.4. The van der Waals surface area contributed by atoms with E-state index in [9.17, 15) is 9.59 Å². The van der Waals surface area contributed by atoms with Crippen LogP contribution >= 0.6 is 0 Å². The lowest BCUT2D eigenvalue weighted by Crippen LogP contribution is -2.40. The highest BCUT2D eigenvalue weighted by Gasteiger charge is 2.35. The van der Waals surface area contributed by atoms with Crippen LogP contribution in [0.1, 0.15) is 23.3 Å². The summed E-state index contributed by atoms with van der Waals surface area (Å²) < 4.78 is 0. The predicted octanol–water partition coefficient (Wildman–Crippen LogP) is 1.51. The number of benzene rings is 1. The van der Waals surface area contributed by atoms with Crippen molar-refractivity contribution in [2.24, 2.45) is 0 Å². The summed E-state index contributed by atoms with van der Waals surface area (Å²) >= 11 is 0. The molecule has 21 heavy (non-hydrogen) atoms. The Morgan fingerprint density at radius 1 is 1.33 bits per heavy atom. The van der Waals surface area contributed by atoms with Crippen LogP contribution < -0.4 is 5.73 Å². The van der Waals surface area contributed by atoms with E-state index in [0.29, 0.717) is 30.6 Å². The van der Waals surface area contributed by atoms with Crippen LogP contribution in [0.3, 0.4) is 0 Å². The molecule has 6 nitrogen and oxygen atoms in total. The van der Waals surface area contributed by atoms with Crippen molar-refractivity contribution in [3.63, 3.8) is 0 Å². The number of carbonyl (C=O) groups excluding carboxylic acids is 1. The van der Waals surface area contributed by atoms with Crippen LogP contribution in [-0.2, 0) is 4.79 Å². The lowest BCUT2D eigenvalue weighted by Gasteiger charge is -2.21. The molecule has 1 amide bonds. The SMILES string of the molecule is Nc1cc(C(=O)N2CCC[C@H]2C(=O)O)nc2ccccc12. The second kappa shape index (κ2) is 5.05. The standard InChI is InChI=1S/C15H15N3O3/c16-10-8-12(17-11-5-2-1-4-9(10)11)14(19)18-7-3-6-13(18)15(20)21/h1-2,4-5,8,13H,3,6-7H2,(H2,16,17)(H,20,21)/t13-/m0/s1.